The van der Waals surface area contributed by atoms with Crippen molar-refractivity contribution >= 4 is 23.1 Å². The van der Waals surface area contributed by atoms with Gasteiger partial charge in [0.1, 0.15) is 5.82 Å². The first-order valence-electron chi connectivity index (χ1n) is 12.1. The van der Waals surface area contributed by atoms with Crippen molar-refractivity contribution in [3.63, 3.8) is 0 Å². The normalized spacial score (nSPS) is 13.8. The van der Waals surface area contributed by atoms with Gasteiger partial charge < -0.3 is 15.5 Å². The summed E-state index contributed by atoms with van der Waals surface area (Å²) >= 11 is 0. The van der Waals surface area contributed by atoms with Crippen molar-refractivity contribution < 1.29 is 9.18 Å². The highest BCUT2D eigenvalue weighted by molar-refractivity contribution is 6.02. The highest BCUT2D eigenvalue weighted by Gasteiger charge is 2.22. The van der Waals surface area contributed by atoms with Crippen molar-refractivity contribution in [3.05, 3.63) is 72.5 Å². The summed E-state index contributed by atoms with van der Waals surface area (Å²) in [6.07, 6.45) is 5.87. The van der Waals surface area contributed by atoms with Crippen molar-refractivity contribution in [2.24, 2.45) is 0 Å². The van der Waals surface area contributed by atoms with Crippen LogP contribution in [0.2, 0.25) is 0 Å². The minimum atomic E-state index is -0.511. The number of urea groups is 1. The molecule has 5 rings (SSSR count). The fourth-order valence-corrected chi connectivity index (χ4v) is 4.83. The maximum Gasteiger partial charge on any atom is 0.323 e. The van der Waals surface area contributed by atoms with Gasteiger partial charge in [0.15, 0.2) is 5.82 Å². The quantitative estimate of drug-likeness (QED) is 0.307. The van der Waals surface area contributed by atoms with Gasteiger partial charge >= 0.3 is 6.03 Å². The van der Waals surface area contributed by atoms with E-state index in [2.05, 4.69) is 43.2 Å². The van der Waals surface area contributed by atoms with Crippen molar-refractivity contribution in [3.8, 4) is 22.5 Å². The molecule has 1 aliphatic carbocycles. The summed E-state index contributed by atoms with van der Waals surface area (Å²) in [5.41, 5.74) is 4.33. The van der Waals surface area contributed by atoms with E-state index in [1.165, 1.54) is 31.4 Å². The molecule has 9 heteroatoms. The number of anilines is 3. The average Bonchev–Trinajstić information content (AvgIpc) is 3.45. The molecule has 0 bridgehead atoms. The number of aromatic amines is 1. The third-order valence-electron chi connectivity index (χ3n) is 6.71. The van der Waals surface area contributed by atoms with Crippen LogP contribution in [-0.2, 0) is 0 Å². The first kappa shape index (κ1) is 23.5. The van der Waals surface area contributed by atoms with Crippen LogP contribution in [0.3, 0.4) is 0 Å². The van der Waals surface area contributed by atoms with Gasteiger partial charge in [-0.15, -0.1) is 5.10 Å². The summed E-state index contributed by atoms with van der Waals surface area (Å²) in [5, 5.41) is 19.9. The van der Waals surface area contributed by atoms with Gasteiger partial charge in [0.25, 0.3) is 0 Å². The lowest BCUT2D eigenvalue weighted by molar-refractivity contribution is 0.262. The zero-order valence-electron chi connectivity index (χ0n) is 20.0. The number of tetrazole rings is 1. The number of aromatic nitrogens is 4. The molecule has 0 radical (unpaired) electrons. The predicted octanol–water partition coefficient (Wildman–Crippen LogP) is 6.09. The Morgan fingerprint density at radius 3 is 2.42 bits per heavy atom. The number of para-hydroxylation sites is 1. The van der Waals surface area contributed by atoms with Crippen LogP contribution in [0.4, 0.5) is 26.2 Å². The number of benzene rings is 3. The number of hydrogen-bond acceptors (Lipinski definition) is 5. The fraction of sp³-hybridized carbons (Fsp3) is 0.259. The predicted molar refractivity (Wildman–Crippen MR) is 139 cm³/mol. The number of hydrogen-bond donors (Lipinski definition) is 3. The Morgan fingerprint density at radius 2 is 1.67 bits per heavy atom. The molecule has 3 N–H and O–H groups in total. The van der Waals surface area contributed by atoms with Gasteiger partial charge in [0.2, 0.25) is 0 Å². The minimum absolute atomic E-state index is 0.122. The summed E-state index contributed by atoms with van der Waals surface area (Å²) in [7, 11) is 2.07. The lowest BCUT2D eigenvalue weighted by Crippen LogP contribution is -2.34. The molecule has 3 aromatic carbocycles. The fourth-order valence-electron chi connectivity index (χ4n) is 4.83. The Kier molecular flexibility index (Phi) is 6.88. The molecule has 0 aliphatic heterocycles. The average molecular weight is 486 g/mol. The monoisotopic (exact) mass is 485 g/mol. The van der Waals surface area contributed by atoms with Gasteiger partial charge in [-0.3, -0.25) is 0 Å². The van der Waals surface area contributed by atoms with Crippen LogP contribution in [-0.4, -0.2) is 39.7 Å². The van der Waals surface area contributed by atoms with Crippen molar-refractivity contribution in [1.29, 1.82) is 0 Å². The first-order chi connectivity index (χ1) is 17.6. The number of H-pyrrole nitrogens is 1. The van der Waals surface area contributed by atoms with Gasteiger partial charge in [-0.05, 0) is 58.7 Å². The molecule has 0 unspecified atom stereocenters. The Labute approximate surface area is 208 Å². The number of nitrogens with one attached hydrogen (secondary N) is 3. The Hall–Kier alpha value is -4.27. The van der Waals surface area contributed by atoms with Gasteiger partial charge in [0, 0.05) is 18.7 Å². The molecule has 0 atom stereocenters. The van der Waals surface area contributed by atoms with Crippen LogP contribution >= 0.6 is 0 Å². The summed E-state index contributed by atoms with van der Waals surface area (Å²) in [6, 6.07) is 19.8. The van der Waals surface area contributed by atoms with Crippen LogP contribution in [0, 0.1) is 5.82 Å². The van der Waals surface area contributed by atoms with Crippen LogP contribution in [0.25, 0.3) is 22.5 Å². The van der Waals surface area contributed by atoms with E-state index in [1.807, 2.05) is 42.5 Å². The maximum absolute atomic E-state index is 14.1. The zero-order chi connectivity index (χ0) is 24.9. The SMILES string of the molecule is CN(c1ccc(-c2ccccc2-c2nnn[nH]2)cc1NC(=O)Nc1ccccc1F)C1CCCCC1. The molecule has 8 nitrogen and oxygen atoms in total. The molecule has 1 saturated carbocycles. The highest BCUT2D eigenvalue weighted by Crippen LogP contribution is 2.37. The van der Waals surface area contributed by atoms with E-state index in [1.54, 1.807) is 12.1 Å². The van der Waals surface area contributed by atoms with Crippen LogP contribution in [0.5, 0.6) is 0 Å². The Bertz CT molecular complexity index is 1340. The third-order valence-corrected chi connectivity index (χ3v) is 6.71. The molecular weight excluding hydrogens is 457 g/mol. The van der Waals surface area contributed by atoms with Crippen molar-refractivity contribution in [2.75, 3.05) is 22.6 Å². The van der Waals surface area contributed by atoms with Gasteiger partial charge in [-0.25, -0.2) is 14.3 Å². The largest absolute Gasteiger partial charge is 0.370 e. The molecule has 1 heterocycles. The van der Waals surface area contributed by atoms with E-state index < -0.39 is 11.8 Å². The van der Waals surface area contributed by atoms with Crippen molar-refractivity contribution in [2.45, 2.75) is 38.1 Å². The second kappa shape index (κ2) is 10.6. The van der Waals surface area contributed by atoms with Gasteiger partial charge in [0.05, 0.1) is 17.1 Å². The zero-order valence-corrected chi connectivity index (χ0v) is 20.0. The van der Waals surface area contributed by atoms with Crippen LogP contribution in [0.1, 0.15) is 32.1 Å². The van der Waals surface area contributed by atoms with E-state index in [-0.39, 0.29) is 5.69 Å². The van der Waals surface area contributed by atoms with Crippen molar-refractivity contribution in [1.82, 2.24) is 20.6 Å². The molecule has 2 amide bonds. The smallest absolute Gasteiger partial charge is 0.323 e. The van der Waals surface area contributed by atoms with E-state index in [9.17, 15) is 9.18 Å². The van der Waals surface area contributed by atoms with Crippen LogP contribution in [0.15, 0.2) is 66.7 Å². The number of carbonyl (C=O) groups excluding carboxylic acids is 1. The molecule has 0 saturated heterocycles. The number of amides is 2. The number of halogens is 1. The lowest BCUT2D eigenvalue weighted by atomic mass is 9.93. The minimum Gasteiger partial charge on any atom is -0.370 e. The number of carbonyl (C=O) groups is 1. The summed E-state index contributed by atoms with van der Waals surface area (Å²) < 4.78 is 14.1. The van der Waals surface area contributed by atoms with E-state index >= 15 is 0 Å². The lowest BCUT2D eigenvalue weighted by Gasteiger charge is -2.34. The van der Waals surface area contributed by atoms with E-state index in [4.69, 9.17) is 0 Å². The topological polar surface area (TPSA) is 98.8 Å². The van der Waals surface area contributed by atoms with Gasteiger partial charge in [-0.2, -0.15) is 0 Å². The van der Waals surface area contributed by atoms with Gasteiger partial charge in [-0.1, -0.05) is 61.7 Å². The highest BCUT2D eigenvalue weighted by atomic mass is 19.1. The Morgan fingerprint density at radius 1 is 0.944 bits per heavy atom. The molecule has 36 heavy (non-hydrogen) atoms. The number of rotatable bonds is 6. The molecule has 1 aliphatic rings. The molecule has 1 aromatic heterocycles. The summed E-state index contributed by atoms with van der Waals surface area (Å²) in [4.78, 5) is 15.2. The third kappa shape index (κ3) is 5.05. The molecule has 184 valence electrons. The van der Waals surface area contributed by atoms with E-state index in [0.717, 1.165) is 35.2 Å². The molecular formula is C27H28FN7O. The molecule has 1 fully saturated rings. The number of nitrogens with zero attached hydrogens (tertiary/aromatic N) is 4. The first-order valence-corrected chi connectivity index (χ1v) is 12.1. The summed E-state index contributed by atoms with van der Waals surface area (Å²) in [6.45, 7) is 0. The van der Waals surface area contributed by atoms with Crippen LogP contribution < -0.4 is 15.5 Å². The standard InChI is InChI=1S/C27H28FN7O/c1-35(19-9-3-2-4-10-19)25-16-15-18(20-11-5-6-12-21(20)26-31-33-34-32-26)17-24(25)30-27(36)29-23-14-8-7-13-22(23)28/h5-8,11-17,19H,2-4,9-10H2,1H3,(H2,29,30,36)(H,31,32,33,34). The maximum atomic E-state index is 14.1. The Balaban J connectivity index is 1.51. The summed E-state index contributed by atoms with van der Waals surface area (Å²) in [5.74, 6) is 0.0661. The molecule has 4 aromatic rings. The second-order valence-electron chi connectivity index (χ2n) is 8.99. The second-order valence-corrected chi connectivity index (χ2v) is 8.99. The van der Waals surface area contributed by atoms with E-state index in [0.29, 0.717) is 17.6 Å². The molecule has 0 spiro atoms.